The van der Waals surface area contributed by atoms with Crippen LogP contribution in [-0.2, 0) is 14.3 Å². The molecule has 0 aromatic heterocycles. The quantitative estimate of drug-likeness (QED) is 0.0417. The highest BCUT2D eigenvalue weighted by Gasteiger charge is 2.20. The number of aliphatic hydroxyl groups is 2. The number of amides is 1. The molecule has 6 heteroatoms. The van der Waals surface area contributed by atoms with Gasteiger partial charge < -0.3 is 20.3 Å². The molecular formula is C71H141NO5. The van der Waals surface area contributed by atoms with Crippen LogP contribution in [0, 0.1) is 0 Å². The lowest BCUT2D eigenvalue weighted by Gasteiger charge is -2.22. The van der Waals surface area contributed by atoms with Gasteiger partial charge in [-0.3, -0.25) is 9.59 Å². The second kappa shape index (κ2) is 67.4. The fourth-order valence-electron chi connectivity index (χ4n) is 11.7. The van der Waals surface area contributed by atoms with Gasteiger partial charge in [0.15, 0.2) is 0 Å². The minimum atomic E-state index is -0.661. The van der Waals surface area contributed by atoms with E-state index in [1.807, 2.05) is 0 Å². The number of hydrogen-bond acceptors (Lipinski definition) is 5. The molecule has 0 saturated heterocycles. The first-order valence-corrected chi connectivity index (χ1v) is 35.8. The number of hydrogen-bond donors (Lipinski definition) is 3. The van der Waals surface area contributed by atoms with E-state index >= 15 is 0 Å². The Morgan fingerprint density at radius 1 is 0.312 bits per heavy atom. The van der Waals surface area contributed by atoms with Crippen molar-refractivity contribution in [3.8, 4) is 0 Å². The van der Waals surface area contributed by atoms with Crippen molar-refractivity contribution < 1.29 is 24.5 Å². The van der Waals surface area contributed by atoms with Crippen molar-refractivity contribution in [1.29, 1.82) is 0 Å². The lowest BCUT2D eigenvalue weighted by Crippen LogP contribution is -2.45. The summed E-state index contributed by atoms with van der Waals surface area (Å²) in [6.45, 7) is 5.00. The van der Waals surface area contributed by atoms with E-state index in [9.17, 15) is 19.8 Å². The van der Waals surface area contributed by atoms with Crippen LogP contribution in [0.3, 0.4) is 0 Å². The standard InChI is InChI=1S/C71H141NO5/c1-3-5-7-9-11-13-15-16-17-18-31-34-37-40-44-47-51-55-59-63-69(74)68(67-73)72-70(75)64-60-56-52-48-45-41-38-35-32-29-27-25-23-21-19-20-22-24-26-28-30-33-36-39-42-46-50-54-58-62-66-77-71(76)65-61-57-53-49-43-14-12-10-8-6-4-2/h68-69,73-74H,3-67H2,1-2H3,(H,72,75). The van der Waals surface area contributed by atoms with Gasteiger partial charge in [-0.05, 0) is 25.7 Å². The summed E-state index contributed by atoms with van der Waals surface area (Å²) in [7, 11) is 0. The Morgan fingerprint density at radius 3 is 0.792 bits per heavy atom. The number of aliphatic hydroxyl groups excluding tert-OH is 2. The van der Waals surface area contributed by atoms with Crippen LogP contribution in [0.15, 0.2) is 0 Å². The summed E-state index contributed by atoms with van der Waals surface area (Å²) < 4.78 is 5.48. The van der Waals surface area contributed by atoms with Gasteiger partial charge in [-0.2, -0.15) is 0 Å². The largest absolute Gasteiger partial charge is 0.466 e. The van der Waals surface area contributed by atoms with Crippen LogP contribution in [0.1, 0.15) is 418 Å². The average molecular weight is 1090 g/mol. The van der Waals surface area contributed by atoms with Crippen LogP contribution in [-0.4, -0.2) is 47.4 Å². The average Bonchev–Trinajstić information content (AvgIpc) is 3.43. The van der Waals surface area contributed by atoms with Crippen LogP contribution in [0.5, 0.6) is 0 Å². The fraction of sp³-hybridized carbons (Fsp3) is 0.972. The highest BCUT2D eigenvalue weighted by Crippen LogP contribution is 2.20. The minimum absolute atomic E-state index is 0.0210. The lowest BCUT2D eigenvalue weighted by atomic mass is 10.0. The first-order valence-electron chi connectivity index (χ1n) is 35.8. The van der Waals surface area contributed by atoms with Gasteiger partial charge in [0.2, 0.25) is 5.91 Å². The van der Waals surface area contributed by atoms with E-state index in [4.69, 9.17) is 4.74 Å². The Hall–Kier alpha value is -1.14. The molecule has 0 aromatic rings. The molecule has 0 heterocycles. The summed E-state index contributed by atoms with van der Waals surface area (Å²) in [4.78, 5) is 24.5. The van der Waals surface area contributed by atoms with Gasteiger partial charge in [-0.25, -0.2) is 0 Å². The molecule has 0 fully saturated rings. The van der Waals surface area contributed by atoms with Gasteiger partial charge in [-0.15, -0.1) is 0 Å². The van der Waals surface area contributed by atoms with Crippen molar-refractivity contribution in [2.75, 3.05) is 13.2 Å². The molecule has 1 amide bonds. The van der Waals surface area contributed by atoms with E-state index in [2.05, 4.69) is 19.2 Å². The highest BCUT2D eigenvalue weighted by atomic mass is 16.5. The molecule has 0 saturated carbocycles. The summed E-state index contributed by atoms with van der Waals surface area (Å²) in [5.41, 5.74) is 0. The van der Waals surface area contributed by atoms with Crippen LogP contribution in [0.2, 0.25) is 0 Å². The Kier molecular flexibility index (Phi) is 66.4. The Morgan fingerprint density at radius 2 is 0.532 bits per heavy atom. The van der Waals surface area contributed by atoms with Crippen LogP contribution in [0.25, 0.3) is 0 Å². The molecule has 0 rings (SSSR count). The molecule has 0 spiro atoms. The summed E-state index contributed by atoms with van der Waals surface area (Å²) >= 11 is 0. The van der Waals surface area contributed by atoms with E-state index in [0.717, 1.165) is 38.5 Å². The maximum Gasteiger partial charge on any atom is 0.305 e. The van der Waals surface area contributed by atoms with Crippen molar-refractivity contribution in [3.05, 3.63) is 0 Å². The van der Waals surface area contributed by atoms with Gasteiger partial charge in [-0.1, -0.05) is 380 Å². The van der Waals surface area contributed by atoms with Gasteiger partial charge in [0.25, 0.3) is 0 Å². The number of ether oxygens (including phenoxy) is 1. The van der Waals surface area contributed by atoms with Crippen LogP contribution < -0.4 is 5.32 Å². The molecule has 6 nitrogen and oxygen atoms in total. The van der Waals surface area contributed by atoms with Crippen LogP contribution >= 0.6 is 0 Å². The van der Waals surface area contributed by atoms with Crippen molar-refractivity contribution in [3.63, 3.8) is 0 Å². The van der Waals surface area contributed by atoms with Crippen molar-refractivity contribution in [1.82, 2.24) is 5.32 Å². The molecule has 0 radical (unpaired) electrons. The topological polar surface area (TPSA) is 95.9 Å². The Labute approximate surface area is 483 Å². The first kappa shape index (κ1) is 75.9. The fourth-order valence-corrected chi connectivity index (χ4v) is 11.7. The predicted octanol–water partition coefficient (Wildman–Crippen LogP) is 23.0. The molecule has 460 valence electrons. The number of carbonyl (C=O) groups excluding carboxylic acids is 2. The number of esters is 1. The SMILES string of the molecule is CCCCCCCCCCCCCCCCCCCCCC(O)C(CO)NC(=O)CCCCCCCCCCCCCCCCCCCCCCCCCCCCCCCCOC(=O)CCCCCCCCCCCCC. The molecule has 3 N–H and O–H groups in total. The summed E-state index contributed by atoms with van der Waals surface area (Å²) in [6, 6.07) is -0.538. The van der Waals surface area contributed by atoms with E-state index < -0.39 is 12.1 Å². The molecule has 0 aliphatic heterocycles. The van der Waals surface area contributed by atoms with Crippen molar-refractivity contribution in [2.45, 2.75) is 431 Å². The summed E-state index contributed by atoms with van der Waals surface area (Å²) in [5.74, 6) is -0.00502. The summed E-state index contributed by atoms with van der Waals surface area (Å²) in [5, 5.41) is 23.4. The zero-order valence-electron chi connectivity index (χ0n) is 52.7. The lowest BCUT2D eigenvalue weighted by molar-refractivity contribution is -0.143. The number of carbonyl (C=O) groups is 2. The molecule has 0 aromatic carbocycles. The van der Waals surface area contributed by atoms with E-state index in [-0.39, 0.29) is 18.5 Å². The van der Waals surface area contributed by atoms with E-state index in [1.54, 1.807) is 0 Å². The number of rotatable bonds is 68. The number of unbranched alkanes of at least 4 members (excludes halogenated alkanes) is 57. The zero-order chi connectivity index (χ0) is 55.7. The monoisotopic (exact) mass is 1090 g/mol. The van der Waals surface area contributed by atoms with Crippen molar-refractivity contribution >= 4 is 11.9 Å². The smallest absolute Gasteiger partial charge is 0.305 e. The molecule has 0 aliphatic carbocycles. The zero-order valence-corrected chi connectivity index (χ0v) is 52.7. The molecule has 0 bridgehead atoms. The molecular weight excluding hydrogens is 947 g/mol. The number of nitrogens with one attached hydrogen (secondary N) is 1. The Balaban J connectivity index is 3.33. The maximum atomic E-state index is 12.5. The second-order valence-corrected chi connectivity index (χ2v) is 24.9. The third kappa shape index (κ3) is 63.9. The van der Waals surface area contributed by atoms with Gasteiger partial charge in [0.1, 0.15) is 0 Å². The van der Waals surface area contributed by atoms with Gasteiger partial charge in [0.05, 0.1) is 25.4 Å². The second-order valence-electron chi connectivity index (χ2n) is 24.9. The van der Waals surface area contributed by atoms with E-state index in [0.29, 0.717) is 25.9 Å². The maximum absolute atomic E-state index is 12.5. The minimum Gasteiger partial charge on any atom is -0.466 e. The first-order chi connectivity index (χ1) is 38.0. The van der Waals surface area contributed by atoms with Crippen molar-refractivity contribution in [2.24, 2.45) is 0 Å². The normalized spacial score (nSPS) is 12.4. The molecule has 0 aliphatic rings. The van der Waals surface area contributed by atoms with Gasteiger partial charge in [0, 0.05) is 12.8 Å². The van der Waals surface area contributed by atoms with Gasteiger partial charge >= 0.3 is 5.97 Å². The van der Waals surface area contributed by atoms with E-state index in [1.165, 1.54) is 347 Å². The summed E-state index contributed by atoms with van der Waals surface area (Å²) in [6.07, 6.45) is 81.6. The third-order valence-electron chi connectivity index (χ3n) is 17.2. The Bertz CT molecular complexity index is 1120. The predicted molar refractivity (Wildman–Crippen MR) is 338 cm³/mol. The highest BCUT2D eigenvalue weighted by molar-refractivity contribution is 5.76. The third-order valence-corrected chi connectivity index (χ3v) is 17.2. The molecule has 77 heavy (non-hydrogen) atoms. The molecule has 2 atom stereocenters. The molecule has 2 unspecified atom stereocenters. The van der Waals surface area contributed by atoms with Crippen LogP contribution in [0.4, 0.5) is 0 Å².